The minimum absolute atomic E-state index is 0.0238. The first kappa shape index (κ1) is 10.5. The predicted octanol–water partition coefficient (Wildman–Crippen LogP) is 0.522. The molecule has 3 atom stereocenters. The van der Waals surface area contributed by atoms with Crippen molar-refractivity contribution in [2.45, 2.75) is 45.2 Å². The highest BCUT2D eigenvalue weighted by Crippen LogP contribution is 2.39. The van der Waals surface area contributed by atoms with Gasteiger partial charge in [-0.25, -0.2) is 0 Å². The zero-order valence-electron chi connectivity index (χ0n) is 9.32. The van der Waals surface area contributed by atoms with E-state index in [-0.39, 0.29) is 24.4 Å². The van der Waals surface area contributed by atoms with Gasteiger partial charge in [-0.15, -0.1) is 0 Å². The molecule has 2 aliphatic rings. The van der Waals surface area contributed by atoms with Crippen molar-refractivity contribution >= 4 is 11.8 Å². The summed E-state index contributed by atoms with van der Waals surface area (Å²) >= 11 is 0. The third kappa shape index (κ3) is 1.98. The van der Waals surface area contributed by atoms with Crippen LogP contribution in [0, 0.1) is 5.92 Å². The Kier molecular flexibility index (Phi) is 2.67. The smallest absolute Gasteiger partial charge is 0.245 e. The van der Waals surface area contributed by atoms with E-state index in [0.717, 1.165) is 12.8 Å². The maximum atomic E-state index is 11.8. The van der Waals surface area contributed by atoms with Crippen molar-refractivity contribution in [1.82, 2.24) is 10.2 Å². The zero-order valence-corrected chi connectivity index (χ0v) is 9.32. The molecule has 1 saturated carbocycles. The zero-order chi connectivity index (χ0) is 11.0. The second kappa shape index (κ2) is 3.83. The van der Waals surface area contributed by atoms with Crippen molar-refractivity contribution in [2.24, 2.45) is 5.92 Å². The second-order valence-corrected chi connectivity index (χ2v) is 4.61. The number of hydrogen-bond donors (Lipinski definition) is 1. The normalized spacial score (nSPS) is 35.3. The van der Waals surface area contributed by atoms with E-state index in [2.05, 4.69) is 12.2 Å². The molecule has 2 rings (SSSR count). The first-order valence-corrected chi connectivity index (χ1v) is 5.73. The number of carbonyl (C=O) groups excluding carboxylic acids is 2. The molecular formula is C11H18N2O2. The first-order valence-electron chi connectivity index (χ1n) is 5.73. The third-order valence-electron chi connectivity index (χ3n) is 3.29. The van der Waals surface area contributed by atoms with Crippen LogP contribution in [0.5, 0.6) is 0 Å². The van der Waals surface area contributed by atoms with E-state index in [1.54, 1.807) is 11.8 Å². The van der Waals surface area contributed by atoms with Crippen LogP contribution in [0.15, 0.2) is 0 Å². The van der Waals surface area contributed by atoms with Gasteiger partial charge in [0.15, 0.2) is 0 Å². The fraction of sp³-hybridized carbons (Fsp3) is 0.818. The molecule has 4 nitrogen and oxygen atoms in total. The van der Waals surface area contributed by atoms with Gasteiger partial charge in [0.25, 0.3) is 0 Å². The van der Waals surface area contributed by atoms with Crippen LogP contribution in [0.25, 0.3) is 0 Å². The largest absolute Gasteiger partial charge is 0.343 e. The van der Waals surface area contributed by atoms with Gasteiger partial charge in [-0.3, -0.25) is 9.59 Å². The molecule has 4 heteroatoms. The van der Waals surface area contributed by atoms with Crippen LogP contribution >= 0.6 is 0 Å². The fourth-order valence-electron chi connectivity index (χ4n) is 2.41. The summed E-state index contributed by atoms with van der Waals surface area (Å²) in [6.45, 7) is 4.17. The van der Waals surface area contributed by atoms with E-state index < -0.39 is 0 Å². The molecule has 0 aromatic carbocycles. The number of hydrogen-bond acceptors (Lipinski definition) is 2. The number of rotatable bonds is 3. The molecule has 0 aromatic rings. The maximum absolute atomic E-state index is 11.8. The minimum atomic E-state index is -0.339. The average molecular weight is 210 g/mol. The summed E-state index contributed by atoms with van der Waals surface area (Å²) in [4.78, 5) is 24.9. The lowest BCUT2D eigenvalue weighted by atomic mass is 10.2. The lowest BCUT2D eigenvalue weighted by Gasteiger charge is -2.31. The number of nitrogens with zero attached hydrogens (tertiary/aromatic N) is 1. The Balaban J connectivity index is 1.97. The predicted molar refractivity (Wildman–Crippen MR) is 56.1 cm³/mol. The molecule has 0 radical (unpaired) electrons. The molecule has 2 amide bonds. The van der Waals surface area contributed by atoms with Gasteiger partial charge in [-0.2, -0.15) is 0 Å². The van der Waals surface area contributed by atoms with E-state index in [9.17, 15) is 9.59 Å². The number of carbonyl (C=O) groups is 2. The van der Waals surface area contributed by atoms with E-state index >= 15 is 0 Å². The number of piperazine rings is 1. The molecule has 1 saturated heterocycles. The molecule has 0 spiro atoms. The highest BCUT2D eigenvalue weighted by atomic mass is 16.2. The van der Waals surface area contributed by atoms with Crippen molar-refractivity contribution in [2.75, 3.05) is 6.54 Å². The van der Waals surface area contributed by atoms with E-state index in [4.69, 9.17) is 0 Å². The van der Waals surface area contributed by atoms with Crippen LogP contribution in [0.3, 0.4) is 0 Å². The van der Waals surface area contributed by atoms with Crippen LogP contribution in [-0.2, 0) is 9.59 Å². The highest BCUT2D eigenvalue weighted by molar-refractivity contribution is 5.94. The van der Waals surface area contributed by atoms with E-state index in [1.807, 2.05) is 0 Å². The quantitative estimate of drug-likeness (QED) is 0.738. The molecule has 1 heterocycles. The third-order valence-corrected chi connectivity index (χ3v) is 3.29. The first-order chi connectivity index (χ1) is 7.13. The summed E-state index contributed by atoms with van der Waals surface area (Å²) in [7, 11) is 0. The Morgan fingerprint density at radius 1 is 1.47 bits per heavy atom. The topological polar surface area (TPSA) is 49.4 Å². The summed E-state index contributed by atoms with van der Waals surface area (Å²) in [5.41, 5.74) is 0. The molecule has 84 valence electrons. The van der Waals surface area contributed by atoms with Crippen LogP contribution in [-0.4, -0.2) is 35.3 Å². The maximum Gasteiger partial charge on any atom is 0.245 e. The molecule has 1 aliphatic heterocycles. The molecule has 0 aromatic heterocycles. The van der Waals surface area contributed by atoms with Crippen LogP contribution in [0.4, 0.5) is 0 Å². The molecule has 1 aliphatic carbocycles. The van der Waals surface area contributed by atoms with Gasteiger partial charge in [0, 0.05) is 6.04 Å². The Morgan fingerprint density at radius 2 is 2.20 bits per heavy atom. The fourth-order valence-corrected chi connectivity index (χ4v) is 2.41. The monoisotopic (exact) mass is 210 g/mol. The number of nitrogens with one attached hydrogen (secondary N) is 1. The van der Waals surface area contributed by atoms with E-state index in [1.165, 1.54) is 6.42 Å². The van der Waals surface area contributed by atoms with Gasteiger partial charge in [0.2, 0.25) is 11.8 Å². The van der Waals surface area contributed by atoms with Crippen molar-refractivity contribution in [3.8, 4) is 0 Å². The SMILES string of the molecule is CCCC1CC1N1CC(=O)NC(C)C1=O. The summed E-state index contributed by atoms with van der Waals surface area (Å²) in [5.74, 6) is 0.694. The standard InChI is InChI=1S/C11H18N2O2/c1-3-4-8-5-9(8)13-6-10(14)12-7(2)11(13)15/h7-9H,3-6H2,1-2H3,(H,12,14). The Bertz CT molecular complexity index is 290. The summed E-state index contributed by atoms with van der Waals surface area (Å²) in [6.07, 6.45) is 3.41. The van der Waals surface area contributed by atoms with Gasteiger partial charge >= 0.3 is 0 Å². The van der Waals surface area contributed by atoms with Crippen LogP contribution in [0.1, 0.15) is 33.1 Å². The molecule has 0 bridgehead atoms. The Morgan fingerprint density at radius 3 is 2.87 bits per heavy atom. The van der Waals surface area contributed by atoms with Crippen LogP contribution < -0.4 is 5.32 Å². The lowest BCUT2D eigenvalue weighted by molar-refractivity contribution is -0.144. The molecule has 1 N–H and O–H groups in total. The highest BCUT2D eigenvalue weighted by Gasteiger charge is 2.46. The molecular weight excluding hydrogens is 192 g/mol. The van der Waals surface area contributed by atoms with Gasteiger partial charge in [-0.1, -0.05) is 13.3 Å². The van der Waals surface area contributed by atoms with E-state index in [0.29, 0.717) is 12.0 Å². The van der Waals surface area contributed by atoms with Gasteiger partial charge in [0.05, 0.1) is 6.54 Å². The van der Waals surface area contributed by atoms with Crippen LogP contribution in [0.2, 0.25) is 0 Å². The van der Waals surface area contributed by atoms with Gasteiger partial charge in [-0.05, 0) is 25.7 Å². The summed E-state index contributed by atoms with van der Waals surface area (Å²) in [5, 5.41) is 2.66. The minimum Gasteiger partial charge on any atom is -0.343 e. The molecule has 3 unspecified atom stereocenters. The van der Waals surface area contributed by atoms with Crippen molar-refractivity contribution in [3.63, 3.8) is 0 Å². The molecule has 15 heavy (non-hydrogen) atoms. The van der Waals surface area contributed by atoms with Crippen molar-refractivity contribution in [3.05, 3.63) is 0 Å². The van der Waals surface area contributed by atoms with Gasteiger partial charge in [0.1, 0.15) is 6.04 Å². The summed E-state index contributed by atoms with van der Waals surface area (Å²) < 4.78 is 0. The average Bonchev–Trinajstić information content (AvgIpc) is 2.91. The van der Waals surface area contributed by atoms with Crippen molar-refractivity contribution in [1.29, 1.82) is 0 Å². The lowest BCUT2D eigenvalue weighted by Crippen LogP contribution is -2.57. The summed E-state index contributed by atoms with van der Waals surface area (Å²) in [6, 6.07) is 0.0000709. The van der Waals surface area contributed by atoms with Gasteiger partial charge < -0.3 is 10.2 Å². The molecule has 2 fully saturated rings. The van der Waals surface area contributed by atoms with Crippen molar-refractivity contribution < 1.29 is 9.59 Å². The Labute approximate surface area is 90.0 Å². The number of amides is 2. The Hall–Kier alpha value is -1.06. The second-order valence-electron chi connectivity index (χ2n) is 4.61.